The fraction of sp³-hybridized carbons (Fsp3) is 0.421. The molecule has 1 saturated heterocycles. The molecular weight excluding hydrogens is 330 g/mol. The van der Waals surface area contributed by atoms with Crippen molar-refractivity contribution in [3.8, 4) is 0 Å². The Labute approximate surface area is 151 Å². The van der Waals surface area contributed by atoms with Gasteiger partial charge in [0.25, 0.3) is 0 Å². The summed E-state index contributed by atoms with van der Waals surface area (Å²) in [6.45, 7) is 4.67. The lowest BCUT2D eigenvalue weighted by Gasteiger charge is -2.20. The highest BCUT2D eigenvalue weighted by molar-refractivity contribution is 5.83. The highest BCUT2D eigenvalue weighted by atomic mass is 16.5. The molecule has 0 spiro atoms. The SMILES string of the molecule is Cc1nn(C)c(C)c1[C@H]1OCC[C@@H]1NC(=O)Cc1ccc2[nH]ncc2c1. The molecule has 3 aromatic rings. The predicted molar refractivity (Wildman–Crippen MR) is 97.7 cm³/mol. The zero-order valence-electron chi connectivity index (χ0n) is 15.2. The summed E-state index contributed by atoms with van der Waals surface area (Å²) in [7, 11) is 1.93. The van der Waals surface area contributed by atoms with Crippen LogP contribution in [0.25, 0.3) is 10.9 Å². The van der Waals surface area contributed by atoms with Crippen molar-refractivity contribution in [2.45, 2.75) is 38.8 Å². The molecule has 0 aliphatic carbocycles. The van der Waals surface area contributed by atoms with Crippen LogP contribution in [0.1, 0.15) is 35.0 Å². The lowest BCUT2D eigenvalue weighted by atomic mass is 10.00. The summed E-state index contributed by atoms with van der Waals surface area (Å²) in [6, 6.07) is 5.88. The summed E-state index contributed by atoms with van der Waals surface area (Å²) in [5.74, 6) is 0.00698. The Morgan fingerprint density at radius 1 is 1.42 bits per heavy atom. The molecule has 0 radical (unpaired) electrons. The fourth-order valence-corrected chi connectivity index (χ4v) is 3.77. The van der Waals surface area contributed by atoms with Crippen LogP contribution in [0.15, 0.2) is 24.4 Å². The van der Waals surface area contributed by atoms with Crippen LogP contribution in [0.5, 0.6) is 0 Å². The molecule has 26 heavy (non-hydrogen) atoms. The van der Waals surface area contributed by atoms with Gasteiger partial charge < -0.3 is 10.1 Å². The van der Waals surface area contributed by atoms with E-state index in [2.05, 4.69) is 20.6 Å². The number of H-pyrrole nitrogens is 1. The van der Waals surface area contributed by atoms with Gasteiger partial charge in [-0.05, 0) is 38.0 Å². The van der Waals surface area contributed by atoms with Crippen molar-refractivity contribution in [1.29, 1.82) is 0 Å². The Hall–Kier alpha value is -2.67. The minimum absolute atomic E-state index is 0.00698. The average Bonchev–Trinajstić information content (AvgIpc) is 3.28. The number of aryl methyl sites for hydroxylation is 2. The normalized spacial score (nSPS) is 20.0. The Morgan fingerprint density at radius 3 is 3.04 bits per heavy atom. The smallest absolute Gasteiger partial charge is 0.224 e. The average molecular weight is 353 g/mol. The number of hydrogen-bond donors (Lipinski definition) is 2. The van der Waals surface area contributed by atoms with E-state index in [1.807, 2.05) is 43.8 Å². The zero-order valence-corrected chi connectivity index (χ0v) is 15.2. The van der Waals surface area contributed by atoms with E-state index in [0.717, 1.165) is 39.8 Å². The molecule has 7 heteroatoms. The number of aromatic amines is 1. The van der Waals surface area contributed by atoms with Crippen LogP contribution >= 0.6 is 0 Å². The van der Waals surface area contributed by atoms with Crippen molar-refractivity contribution >= 4 is 16.8 Å². The first-order chi connectivity index (χ1) is 12.5. The lowest BCUT2D eigenvalue weighted by molar-refractivity contribution is -0.121. The Kier molecular flexibility index (Phi) is 4.24. The molecule has 1 aliphatic rings. The third-order valence-corrected chi connectivity index (χ3v) is 5.16. The van der Waals surface area contributed by atoms with Crippen molar-refractivity contribution in [3.05, 3.63) is 46.9 Å². The molecule has 0 bridgehead atoms. The molecule has 3 heterocycles. The maximum Gasteiger partial charge on any atom is 0.224 e. The highest BCUT2D eigenvalue weighted by Crippen LogP contribution is 2.33. The molecule has 2 N–H and O–H groups in total. The van der Waals surface area contributed by atoms with Gasteiger partial charge in [0.15, 0.2) is 0 Å². The molecule has 4 rings (SSSR count). The van der Waals surface area contributed by atoms with E-state index < -0.39 is 0 Å². The number of ether oxygens (including phenoxy) is 1. The number of nitrogens with zero attached hydrogens (tertiary/aromatic N) is 3. The summed E-state index contributed by atoms with van der Waals surface area (Å²) >= 11 is 0. The second-order valence-electron chi connectivity index (χ2n) is 6.93. The largest absolute Gasteiger partial charge is 0.371 e. The Balaban J connectivity index is 1.47. The second-order valence-corrected chi connectivity index (χ2v) is 6.93. The van der Waals surface area contributed by atoms with Gasteiger partial charge >= 0.3 is 0 Å². The zero-order chi connectivity index (χ0) is 18.3. The van der Waals surface area contributed by atoms with Crippen LogP contribution in [0.4, 0.5) is 0 Å². The van der Waals surface area contributed by atoms with Crippen LogP contribution in [-0.2, 0) is 23.0 Å². The van der Waals surface area contributed by atoms with E-state index in [-0.39, 0.29) is 18.1 Å². The number of benzene rings is 1. The lowest BCUT2D eigenvalue weighted by Crippen LogP contribution is -2.38. The maximum atomic E-state index is 12.6. The molecule has 0 unspecified atom stereocenters. The van der Waals surface area contributed by atoms with Gasteiger partial charge in [-0.25, -0.2) is 0 Å². The quantitative estimate of drug-likeness (QED) is 0.752. The van der Waals surface area contributed by atoms with Gasteiger partial charge in [0.05, 0.1) is 29.9 Å². The summed E-state index contributed by atoms with van der Waals surface area (Å²) in [6.07, 6.45) is 2.79. The van der Waals surface area contributed by atoms with Crippen LogP contribution in [-0.4, -0.2) is 38.5 Å². The molecule has 1 amide bonds. The van der Waals surface area contributed by atoms with Crippen molar-refractivity contribution in [3.63, 3.8) is 0 Å². The van der Waals surface area contributed by atoms with E-state index in [9.17, 15) is 4.79 Å². The molecule has 1 aliphatic heterocycles. The first kappa shape index (κ1) is 16.8. The number of rotatable bonds is 4. The van der Waals surface area contributed by atoms with Gasteiger partial charge in [0.1, 0.15) is 6.10 Å². The first-order valence-corrected chi connectivity index (χ1v) is 8.86. The number of fused-ring (bicyclic) bond motifs is 1. The van der Waals surface area contributed by atoms with Gasteiger partial charge in [-0.3, -0.25) is 14.6 Å². The van der Waals surface area contributed by atoms with Gasteiger partial charge in [0, 0.05) is 30.3 Å². The number of aromatic nitrogens is 4. The molecule has 1 fully saturated rings. The third-order valence-electron chi connectivity index (χ3n) is 5.16. The van der Waals surface area contributed by atoms with E-state index in [4.69, 9.17) is 4.74 Å². The van der Waals surface area contributed by atoms with Crippen LogP contribution < -0.4 is 5.32 Å². The second kappa shape index (κ2) is 6.57. The Morgan fingerprint density at radius 2 is 2.27 bits per heavy atom. The molecular formula is C19H23N5O2. The van der Waals surface area contributed by atoms with E-state index in [1.54, 1.807) is 6.20 Å². The Bertz CT molecular complexity index is 958. The molecule has 136 valence electrons. The number of carbonyl (C=O) groups excluding carboxylic acids is 1. The van der Waals surface area contributed by atoms with Crippen molar-refractivity contribution < 1.29 is 9.53 Å². The fourth-order valence-electron chi connectivity index (χ4n) is 3.77. The third kappa shape index (κ3) is 2.99. The van der Waals surface area contributed by atoms with E-state index >= 15 is 0 Å². The minimum atomic E-state index is -0.135. The number of amides is 1. The molecule has 0 saturated carbocycles. The summed E-state index contributed by atoms with van der Waals surface area (Å²) < 4.78 is 7.81. The highest BCUT2D eigenvalue weighted by Gasteiger charge is 2.34. The standard InChI is InChI=1S/C19H23N5O2/c1-11-18(12(2)24(3)23-11)19-16(6-7-26-19)21-17(25)9-13-4-5-15-14(8-13)10-20-22-15/h4-5,8,10,16,19H,6-7,9H2,1-3H3,(H,20,22)(H,21,25)/t16-,19-/m0/s1. The van der Waals surface area contributed by atoms with Gasteiger partial charge in [-0.15, -0.1) is 0 Å². The summed E-state index contributed by atoms with van der Waals surface area (Å²) in [5, 5.41) is 15.6. The predicted octanol–water partition coefficient (Wildman–Crippen LogP) is 2.10. The van der Waals surface area contributed by atoms with Crippen molar-refractivity contribution in [2.75, 3.05) is 6.61 Å². The van der Waals surface area contributed by atoms with E-state index in [0.29, 0.717) is 13.0 Å². The van der Waals surface area contributed by atoms with Crippen LogP contribution in [0, 0.1) is 13.8 Å². The number of hydrogen-bond acceptors (Lipinski definition) is 4. The number of carbonyl (C=O) groups is 1. The van der Waals surface area contributed by atoms with Gasteiger partial charge in [0.2, 0.25) is 5.91 Å². The van der Waals surface area contributed by atoms with Crippen molar-refractivity contribution in [1.82, 2.24) is 25.3 Å². The maximum absolute atomic E-state index is 12.6. The monoisotopic (exact) mass is 353 g/mol. The molecule has 7 nitrogen and oxygen atoms in total. The molecule has 1 aromatic carbocycles. The summed E-state index contributed by atoms with van der Waals surface area (Å²) in [5.41, 5.74) is 5.08. The number of nitrogens with one attached hydrogen (secondary N) is 2. The van der Waals surface area contributed by atoms with Gasteiger partial charge in [-0.1, -0.05) is 6.07 Å². The van der Waals surface area contributed by atoms with Crippen LogP contribution in [0.3, 0.4) is 0 Å². The van der Waals surface area contributed by atoms with Gasteiger partial charge in [-0.2, -0.15) is 10.2 Å². The first-order valence-electron chi connectivity index (χ1n) is 8.86. The van der Waals surface area contributed by atoms with Crippen molar-refractivity contribution in [2.24, 2.45) is 7.05 Å². The van der Waals surface area contributed by atoms with Crippen LogP contribution in [0.2, 0.25) is 0 Å². The summed E-state index contributed by atoms with van der Waals surface area (Å²) in [4.78, 5) is 12.6. The molecule has 2 aromatic heterocycles. The minimum Gasteiger partial charge on any atom is -0.371 e. The topological polar surface area (TPSA) is 84.8 Å². The molecule has 2 atom stereocenters. The van der Waals surface area contributed by atoms with E-state index in [1.165, 1.54) is 0 Å².